The van der Waals surface area contributed by atoms with Crippen LogP contribution in [0.4, 0.5) is 0 Å². The van der Waals surface area contributed by atoms with E-state index in [0.717, 1.165) is 12.8 Å². The molecule has 0 saturated carbocycles. The summed E-state index contributed by atoms with van der Waals surface area (Å²) >= 11 is 1.86. The van der Waals surface area contributed by atoms with Crippen molar-refractivity contribution in [2.45, 2.75) is 31.7 Å². The first-order chi connectivity index (χ1) is 5.12. The van der Waals surface area contributed by atoms with Gasteiger partial charge >= 0.3 is 0 Å². The van der Waals surface area contributed by atoms with Crippen molar-refractivity contribution in [3.05, 3.63) is 0 Å². The third kappa shape index (κ3) is 6.66. The number of aliphatic hydroxyl groups is 1. The maximum Gasteiger partial charge on any atom is 0.0608 e. The molecule has 3 N–H and O–H groups in total. The van der Waals surface area contributed by atoms with E-state index in [-0.39, 0.29) is 12.1 Å². The molecule has 0 aromatic heterocycles. The van der Waals surface area contributed by atoms with Crippen LogP contribution in [0.5, 0.6) is 0 Å². The van der Waals surface area contributed by atoms with Crippen LogP contribution in [-0.4, -0.2) is 29.3 Å². The summed E-state index contributed by atoms with van der Waals surface area (Å²) in [5, 5.41) is 8.82. The van der Waals surface area contributed by atoms with Crippen molar-refractivity contribution in [2.24, 2.45) is 5.73 Å². The Morgan fingerprint density at radius 3 is 2.55 bits per heavy atom. The van der Waals surface area contributed by atoms with E-state index in [1.165, 1.54) is 12.2 Å². The number of hydrogen-bond acceptors (Lipinski definition) is 3. The number of nitrogens with two attached hydrogens (primary N) is 1. The number of hydrogen-bond donors (Lipinski definition) is 2. The first-order valence-electron chi connectivity index (χ1n) is 4.01. The van der Waals surface area contributed by atoms with E-state index in [2.05, 4.69) is 6.26 Å². The van der Waals surface area contributed by atoms with Crippen molar-refractivity contribution in [3.8, 4) is 0 Å². The summed E-state index contributed by atoms with van der Waals surface area (Å²) in [7, 11) is 0. The zero-order valence-electron chi connectivity index (χ0n) is 7.47. The average molecular weight is 177 g/mol. The monoisotopic (exact) mass is 177 g/mol. The SMILES string of the molecule is CSCCCCC(C)(N)CO. The maximum atomic E-state index is 8.82. The van der Waals surface area contributed by atoms with Crippen molar-refractivity contribution in [3.63, 3.8) is 0 Å². The van der Waals surface area contributed by atoms with Crippen LogP contribution in [0.25, 0.3) is 0 Å². The summed E-state index contributed by atoms with van der Waals surface area (Å²) < 4.78 is 0. The summed E-state index contributed by atoms with van der Waals surface area (Å²) in [6.07, 6.45) is 5.35. The van der Waals surface area contributed by atoms with E-state index in [9.17, 15) is 0 Å². The second-order valence-corrected chi connectivity index (χ2v) is 4.25. The largest absolute Gasteiger partial charge is 0.394 e. The number of thioether (sulfide) groups is 1. The van der Waals surface area contributed by atoms with Gasteiger partial charge in [0.15, 0.2) is 0 Å². The molecule has 0 heterocycles. The van der Waals surface area contributed by atoms with Crippen LogP contribution in [0.3, 0.4) is 0 Å². The van der Waals surface area contributed by atoms with Gasteiger partial charge in [0.1, 0.15) is 0 Å². The van der Waals surface area contributed by atoms with Crippen LogP contribution >= 0.6 is 11.8 Å². The lowest BCUT2D eigenvalue weighted by Crippen LogP contribution is -2.39. The molecule has 0 radical (unpaired) electrons. The Labute approximate surface area is 73.6 Å². The Morgan fingerprint density at radius 2 is 2.09 bits per heavy atom. The van der Waals surface area contributed by atoms with E-state index in [0.29, 0.717) is 0 Å². The molecule has 11 heavy (non-hydrogen) atoms. The van der Waals surface area contributed by atoms with Gasteiger partial charge in [-0.1, -0.05) is 6.42 Å². The average Bonchev–Trinajstić information content (AvgIpc) is 1.99. The van der Waals surface area contributed by atoms with Crippen molar-refractivity contribution in [2.75, 3.05) is 18.6 Å². The summed E-state index contributed by atoms with van der Waals surface area (Å²) in [4.78, 5) is 0. The molecular formula is C8H19NOS. The van der Waals surface area contributed by atoms with Gasteiger partial charge < -0.3 is 10.8 Å². The van der Waals surface area contributed by atoms with E-state index in [4.69, 9.17) is 10.8 Å². The minimum Gasteiger partial charge on any atom is -0.394 e. The van der Waals surface area contributed by atoms with E-state index < -0.39 is 0 Å². The molecule has 0 bridgehead atoms. The van der Waals surface area contributed by atoms with Gasteiger partial charge in [-0.15, -0.1) is 0 Å². The van der Waals surface area contributed by atoms with Crippen molar-refractivity contribution in [1.29, 1.82) is 0 Å². The predicted molar refractivity (Wildman–Crippen MR) is 51.9 cm³/mol. The minimum atomic E-state index is -0.363. The molecule has 0 aliphatic heterocycles. The van der Waals surface area contributed by atoms with Crippen LogP contribution in [-0.2, 0) is 0 Å². The molecule has 0 rings (SSSR count). The van der Waals surface area contributed by atoms with Gasteiger partial charge in [0.05, 0.1) is 6.61 Å². The topological polar surface area (TPSA) is 46.2 Å². The molecule has 1 atom stereocenters. The molecule has 68 valence electrons. The maximum absolute atomic E-state index is 8.82. The number of rotatable bonds is 6. The highest BCUT2D eigenvalue weighted by atomic mass is 32.2. The predicted octanol–water partition coefficient (Wildman–Crippen LogP) is 1.23. The lowest BCUT2D eigenvalue weighted by Gasteiger charge is -2.20. The Balaban J connectivity index is 3.23. The van der Waals surface area contributed by atoms with Crippen molar-refractivity contribution in [1.82, 2.24) is 0 Å². The van der Waals surface area contributed by atoms with Crippen molar-refractivity contribution < 1.29 is 5.11 Å². The highest BCUT2D eigenvalue weighted by Crippen LogP contribution is 2.11. The summed E-state index contributed by atoms with van der Waals surface area (Å²) in [5.41, 5.74) is 5.38. The molecule has 0 amide bonds. The molecule has 3 heteroatoms. The Morgan fingerprint density at radius 1 is 1.45 bits per heavy atom. The van der Waals surface area contributed by atoms with Crippen molar-refractivity contribution >= 4 is 11.8 Å². The molecule has 0 aromatic carbocycles. The third-order valence-corrected chi connectivity index (χ3v) is 2.40. The summed E-state index contributed by atoms with van der Waals surface area (Å²) in [6, 6.07) is 0. The van der Waals surface area contributed by atoms with Gasteiger partial charge in [-0.3, -0.25) is 0 Å². The second kappa shape index (κ2) is 5.86. The quantitative estimate of drug-likeness (QED) is 0.600. The van der Waals surface area contributed by atoms with Gasteiger partial charge in [0.25, 0.3) is 0 Å². The standard InChI is InChI=1S/C8H19NOS/c1-8(9,7-10)5-3-4-6-11-2/h10H,3-7,9H2,1-2H3. The summed E-state index contributed by atoms with van der Waals surface area (Å²) in [6.45, 7) is 1.98. The molecule has 0 aliphatic rings. The van der Waals surface area contributed by atoms with Gasteiger partial charge in [0.2, 0.25) is 0 Å². The Kier molecular flexibility index (Phi) is 6.01. The van der Waals surface area contributed by atoms with Gasteiger partial charge in [0, 0.05) is 5.54 Å². The first kappa shape index (κ1) is 11.3. The molecule has 1 unspecified atom stereocenters. The number of unbranched alkanes of at least 4 members (excludes halogenated alkanes) is 1. The van der Waals surface area contributed by atoms with Crippen LogP contribution in [0, 0.1) is 0 Å². The van der Waals surface area contributed by atoms with E-state index in [1.807, 2.05) is 18.7 Å². The second-order valence-electron chi connectivity index (χ2n) is 3.26. The van der Waals surface area contributed by atoms with E-state index >= 15 is 0 Å². The summed E-state index contributed by atoms with van der Waals surface area (Å²) in [5.74, 6) is 1.20. The molecular weight excluding hydrogens is 158 g/mol. The normalized spacial score (nSPS) is 16.4. The zero-order valence-corrected chi connectivity index (χ0v) is 8.28. The van der Waals surface area contributed by atoms with Crippen LogP contribution in [0.15, 0.2) is 0 Å². The zero-order chi connectivity index (χ0) is 8.74. The molecule has 2 nitrogen and oxygen atoms in total. The van der Waals surface area contributed by atoms with Gasteiger partial charge in [-0.25, -0.2) is 0 Å². The Hall–Kier alpha value is 0.270. The lowest BCUT2D eigenvalue weighted by atomic mass is 9.98. The lowest BCUT2D eigenvalue weighted by molar-refractivity contribution is 0.198. The molecule has 0 aliphatic carbocycles. The smallest absolute Gasteiger partial charge is 0.0608 e. The first-order valence-corrected chi connectivity index (χ1v) is 5.40. The van der Waals surface area contributed by atoms with Crippen LogP contribution in [0.2, 0.25) is 0 Å². The molecule has 0 spiro atoms. The van der Waals surface area contributed by atoms with Crippen LogP contribution in [0.1, 0.15) is 26.2 Å². The fourth-order valence-corrected chi connectivity index (χ4v) is 1.35. The van der Waals surface area contributed by atoms with Gasteiger partial charge in [-0.2, -0.15) is 11.8 Å². The molecule has 0 fully saturated rings. The fraction of sp³-hybridized carbons (Fsp3) is 1.00. The molecule has 0 aromatic rings. The van der Waals surface area contributed by atoms with Crippen LogP contribution < -0.4 is 5.73 Å². The Bertz CT molecular complexity index is 96.1. The van der Waals surface area contributed by atoms with E-state index in [1.54, 1.807) is 0 Å². The van der Waals surface area contributed by atoms with Gasteiger partial charge in [-0.05, 0) is 31.8 Å². The number of aliphatic hydroxyl groups excluding tert-OH is 1. The third-order valence-electron chi connectivity index (χ3n) is 1.71. The molecule has 0 saturated heterocycles. The fourth-order valence-electron chi connectivity index (χ4n) is 0.854. The highest BCUT2D eigenvalue weighted by molar-refractivity contribution is 7.98. The highest BCUT2D eigenvalue weighted by Gasteiger charge is 2.15. The minimum absolute atomic E-state index is 0.0896.